The zero-order valence-electron chi connectivity index (χ0n) is 31.8. The van der Waals surface area contributed by atoms with Gasteiger partial charge in [0.1, 0.15) is 18.1 Å². The van der Waals surface area contributed by atoms with Gasteiger partial charge in [-0.2, -0.15) is 0 Å². The quantitative estimate of drug-likeness (QED) is 0.134. The molecule has 1 spiro atoms. The zero-order chi connectivity index (χ0) is 38.9. The molecular weight excluding hydrogens is 707 g/mol. The Labute approximate surface area is 320 Å². The molecule has 14 heteroatoms. The third-order valence-electron chi connectivity index (χ3n) is 10.9. The van der Waals surface area contributed by atoms with Crippen molar-refractivity contribution < 1.29 is 27.6 Å². The molecule has 2 heterocycles. The van der Waals surface area contributed by atoms with Crippen molar-refractivity contribution >= 4 is 33.7 Å². The average molecular weight is 766 g/mol. The molecule has 2 aromatic carbocycles. The highest BCUT2D eigenvalue weighted by atomic mass is 32.2. The molecular formula is C40H59N7O6S. The van der Waals surface area contributed by atoms with Gasteiger partial charge in [-0.05, 0) is 81.4 Å². The van der Waals surface area contributed by atoms with Gasteiger partial charge in [-0.15, -0.1) is 0 Å². The fourth-order valence-electron chi connectivity index (χ4n) is 7.49. The first kappa shape index (κ1) is 41.3. The Morgan fingerprint density at radius 1 is 0.778 bits per heavy atom. The van der Waals surface area contributed by atoms with E-state index in [4.69, 9.17) is 11.5 Å². The first-order valence-electron chi connectivity index (χ1n) is 19.5. The molecule has 54 heavy (non-hydrogen) atoms. The van der Waals surface area contributed by atoms with Crippen LogP contribution in [0.1, 0.15) is 76.3 Å². The first-order chi connectivity index (χ1) is 25.8. The van der Waals surface area contributed by atoms with Gasteiger partial charge in [0.15, 0.2) is 0 Å². The monoisotopic (exact) mass is 765 g/mol. The second-order valence-electron chi connectivity index (χ2n) is 15.9. The van der Waals surface area contributed by atoms with Gasteiger partial charge in [0.2, 0.25) is 33.7 Å². The maximum absolute atomic E-state index is 14.0. The molecule has 4 amide bonds. The number of hydrogen-bond donors (Lipinski definition) is 5. The van der Waals surface area contributed by atoms with E-state index in [1.807, 2.05) is 74.5 Å². The Morgan fingerprint density at radius 3 is 1.87 bits per heavy atom. The summed E-state index contributed by atoms with van der Waals surface area (Å²) < 4.78 is 27.0. The van der Waals surface area contributed by atoms with Crippen LogP contribution in [0.5, 0.6) is 0 Å². The second kappa shape index (κ2) is 18.7. The number of sulfonamides is 1. The Morgan fingerprint density at radius 2 is 1.31 bits per heavy atom. The topological polar surface area (TPSA) is 197 Å². The van der Waals surface area contributed by atoms with Crippen molar-refractivity contribution in [2.45, 2.75) is 107 Å². The summed E-state index contributed by atoms with van der Waals surface area (Å²) in [4.78, 5) is 57.1. The van der Waals surface area contributed by atoms with Crippen molar-refractivity contribution in [2.24, 2.45) is 22.8 Å². The minimum absolute atomic E-state index is 0.0259. The third kappa shape index (κ3) is 11.1. The number of piperidine rings is 1. The number of hydrogen-bond acceptors (Lipinski definition) is 8. The Bertz CT molecular complexity index is 1670. The fraction of sp³-hybridized carbons (Fsp3) is 0.600. The summed E-state index contributed by atoms with van der Waals surface area (Å²) in [5, 5.41) is 8.49. The van der Waals surface area contributed by atoms with Crippen LogP contribution < -0.4 is 27.4 Å². The van der Waals surface area contributed by atoms with Gasteiger partial charge in [0.25, 0.3) is 0 Å². The van der Waals surface area contributed by atoms with Crippen molar-refractivity contribution in [3.05, 3.63) is 71.8 Å². The molecule has 2 aliphatic heterocycles. The van der Waals surface area contributed by atoms with Gasteiger partial charge in [-0.25, -0.2) is 12.7 Å². The maximum atomic E-state index is 14.0. The molecule has 4 atom stereocenters. The number of nitrogens with two attached hydrogens (primary N) is 2. The SMILES string of the molecule is CC(C)C[C@@H](NC(=O)[C@@H](Cc1ccccc1)NC(=O)[C@H](N)Cc1ccccc1)C(=O)N[C@H](CCCCN)C(=O)N1CCC2(CC1)CN(S(=O)(=O)C1CC1)C2. The van der Waals surface area contributed by atoms with Gasteiger partial charge in [-0.3, -0.25) is 19.2 Å². The van der Waals surface area contributed by atoms with Crippen LogP contribution >= 0.6 is 0 Å². The highest BCUT2D eigenvalue weighted by Crippen LogP contribution is 2.45. The van der Waals surface area contributed by atoms with Crippen molar-refractivity contribution in [2.75, 3.05) is 32.7 Å². The van der Waals surface area contributed by atoms with E-state index in [2.05, 4.69) is 16.0 Å². The van der Waals surface area contributed by atoms with E-state index in [1.54, 1.807) is 9.21 Å². The van der Waals surface area contributed by atoms with Crippen LogP contribution in [-0.4, -0.2) is 103 Å². The molecule has 1 saturated carbocycles. The van der Waals surface area contributed by atoms with Gasteiger partial charge < -0.3 is 32.3 Å². The molecule has 3 fully saturated rings. The van der Waals surface area contributed by atoms with Crippen LogP contribution in [0.4, 0.5) is 0 Å². The van der Waals surface area contributed by atoms with Gasteiger partial charge in [-0.1, -0.05) is 74.5 Å². The lowest BCUT2D eigenvalue weighted by molar-refractivity contribution is -0.140. The molecule has 2 aromatic rings. The number of nitrogens with zero attached hydrogens (tertiary/aromatic N) is 2. The fourth-order valence-corrected chi connectivity index (χ4v) is 9.55. The lowest BCUT2D eigenvalue weighted by Crippen LogP contribution is -2.63. The number of nitrogens with one attached hydrogen (secondary N) is 3. The van der Waals surface area contributed by atoms with Crippen LogP contribution in [0.2, 0.25) is 0 Å². The Balaban J connectivity index is 1.24. The van der Waals surface area contributed by atoms with Gasteiger partial charge in [0, 0.05) is 38.0 Å². The minimum atomic E-state index is -3.20. The summed E-state index contributed by atoms with van der Waals surface area (Å²) in [6.45, 7) is 6.33. The van der Waals surface area contributed by atoms with Crippen molar-refractivity contribution in [1.29, 1.82) is 0 Å². The number of likely N-dealkylation sites (tertiary alicyclic amines) is 1. The van der Waals surface area contributed by atoms with E-state index in [0.717, 1.165) is 24.0 Å². The standard InChI is InChI=1S/C40H59N7O6S/c1-28(2)23-34(45-38(50)35(25-30-13-7-4-8-14-30)44-36(48)32(42)24-29-11-5-3-6-12-29)37(49)43-33(15-9-10-20-41)39(51)46-21-18-40(19-22-46)26-47(27-40)54(52,53)31-16-17-31/h3-8,11-14,28,31-35H,9-10,15-27,41-42H2,1-2H3,(H,43,49)(H,44,48)(H,45,50)/t32-,33-,34-,35-/m1/s1. The van der Waals surface area contributed by atoms with E-state index in [-0.39, 0.29) is 28.9 Å². The highest BCUT2D eigenvalue weighted by molar-refractivity contribution is 7.90. The van der Waals surface area contributed by atoms with Crippen LogP contribution in [-0.2, 0) is 42.0 Å². The molecule has 5 rings (SSSR count). The van der Waals surface area contributed by atoms with Crippen LogP contribution in [0.15, 0.2) is 60.7 Å². The normalized spacial score (nSPS) is 19.3. The summed E-state index contributed by atoms with van der Waals surface area (Å²) in [6.07, 6.45) is 5.39. The molecule has 0 unspecified atom stereocenters. The third-order valence-corrected chi connectivity index (χ3v) is 13.2. The molecule has 0 bridgehead atoms. The molecule has 3 aliphatic rings. The Kier molecular flexibility index (Phi) is 14.3. The molecule has 0 radical (unpaired) electrons. The number of benzene rings is 2. The maximum Gasteiger partial charge on any atom is 0.245 e. The Hall–Kier alpha value is -3.85. The predicted molar refractivity (Wildman–Crippen MR) is 208 cm³/mol. The van der Waals surface area contributed by atoms with Crippen LogP contribution in [0, 0.1) is 11.3 Å². The number of rotatable bonds is 19. The average Bonchev–Trinajstić information content (AvgIpc) is 4.00. The summed E-state index contributed by atoms with van der Waals surface area (Å²) in [7, 11) is -3.20. The molecule has 13 nitrogen and oxygen atoms in total. The smallest absolute Gasteiger partial charge is 0.245 e. The van der Waals surface area contributed by atoms with Crippen LogP contribution in [0.25, 0.3) is 0 Å². The summed E-state index contributed by atoms with van der Waals surface area (Å²) in [6, 6.07) is 15.0. The zero-order valence-corrected chi connectivity index (χ0v) is 32.6. The summed E-state index contributed by atoms with van der Waals surface area (Å²) in [5.41, 5.74) is 13.7. The number of unbranched alkanes of at least 4 members (excludes halogenated alkanes) is 1. The first-order valence-corrected chi connectivity index (χ1v) is 21.0. The summed E-state index contributed by atoms with van der Waals surface area (Å²) in [5.74, 6) is -1.63. The van der Waals surface area contributed by atoms with E-state index in [1.165, 1.54) is 0 Å². The van der Waals surface area contributed by atoms with E-state index >= 15 is 0 Å². The van der Waals surface area contributed by atoms with E-state index in [9.17, 15) is 27.6 Å². The van der Waals surface area contributed by atoms with E-state index < -0.39 is 51.9 Å². The number of amides is 4. The van der Waals surface area contributed by atoms with Crippen molar-refractivity contribution in [3.8, 4) is 0 Å². The minimum Gasteiger partial charge on any atom is -0.343 e. The molecule has 7 N–H and O–H groups in total. The van der Waals surface area contributed by atoms with E-state index in [0.29, 0.717) is 77.7 Å². The summed E-state index contributed by atoms with van der Waals surface area (Å²) >= 11 is 0. The van der Waals surface area contributed by atoms with Crippen molar-refractivity contribution in [3.63, 3.8) is 0 Å². The second-order valence-corrected chi connectivity index (χ2v) is 18.1. The largest absolute Gasteiger partial charge is 0.343 e. The van der Waals surface area contributed by atoms with Crippen LogP contribution in [0.3, 0.4) is 0 Å². The molecule has 2 saturated heterocycles. The molecule has 0 aromatic heterocycles. The van der Waals surface area contributed by atoms with Gasteiger partial charge in [0.05, 0.1) is 11.3 Å². The highest BCUT2D eigenvalue weighted by Gasteiger charge is 2.53. The van der Waals surface area contributed by atoms with Gasteiger partial charge >= 0.3 is 0 Å². The van der Waals surface area contributed by atoms with Crippen molar-refractivity contribution in [1.82, 2.24) is 25.2 Å². The predicted octanol–water partition coefficient (Wildman–Crippen LogP) is 1.85. The molecule has 296 valence electrons. The molecule has 1 aliphatic carbocycles. The lowest BCUT2D eigenvalue weighted by Gasteiger charge is -2.53. The number of carbonyl (C=O) groups excluding carboxylic acids is 4. The lowest BCUT2D eigenvalue weighted by atomic mass is 9.73. The number of carbonyl (C=O) groups is 4.